The Morgan fingerprint density at radius 1 is 1.38 bits per heavy atom. The summed E-state index contributed by atoms with van der Waals surface area (Å²) in [7, 11) is 0. The summed E-state index contributed by atoms with van der Waals surface area (Å²) in [6.07, 6.45) is -4.53. The number of hydrogen-bond acceptors (Lipinski definition) is 1. The van der Waals surface area contributed by atoms with Gasteiger partial charge in [-0.1, -0.05) is 15.9 Å². The number of rotatable bonds is 2. The van der Waals surface area contributed by atoms with Crippen LogP contribution >= 0.6 is 54.5 Å². The first kappa shape index (κ1) is 14.4. The highest BCUT2D eigenvalue weighted by molar-refractivity contribution is 14.1. The molecule has 0 heterocycles. The Hall–Kier alpha value is 0.370. The normalized spacial score (nSPS) is 11.6. The van der Waals surface area contributed by atoms with Gasteiger partial charge in [0.15, 0.2) is 5.78 Å². The topological polar surface area (TPSA) is 17.1 Å². The van der Waals surface area contributed by atoms with Gasteiger partial charge in [-0.25, -0.2) is 0 Å². The van der Waals surface area contributed by atoms with Gasteiger partial charge < -0.3 is 0 Å². The van der Waals surface area contributed by atoms with E-state index in [1.54, 1.807) is 22.6 Å². The molecule has 0 aliphatic carbocycles. The molecule has 0 unspecified atom stereocenters. The average Bonchev–Trinajstić information content (AvgIpc) is 2.18. The molecule has 0 spiro atoms. The zero-order valence-corrected chi connectivity index (χ0v) is 12.9. The Morgan fingerprint density at radius 3 is 2.38 bits per heavy atom. The van der Waals surface area contributed by atoms with Crippen molar-refractivity contribution in [2.24, 2.45) is 0 Å². The van der Waals surface area contributed by atoms with Crippen molar-refractivity contribution in [3.05, 3.63) is 31.3 Å². The minimum absolute atomic E-state index is 0.00287. The predicted octanol–water partition coefficient (Wildman–Crippen LogP) is 4.65. The Morgan fingerprint density at radius 2 is 1.94 bits per heavy atom. The van der Waals surface area contributed by atoms with Crippen LogP contribution in [0.15, 0.2) is 16.6 Å². The van der Waals surface area contributed by atoms with E-state index < -0.39 is 17.5 Å². The molecule has 0 saturated carbocycles. The summed E-state index contributed by atoms with van der Waals surface area (Å²) in [4.78, 5) is 11.4. The third-order valence-corrected chi connectivity index (χ3v) is 4.83. The molecule has 0 saturated heterocycles. The highest BCUT2D eigenvalue weighted by atomic mass is 127. The maximum Gasteiger partial charge on any atom is 0.418 e. The van der Waals surface area contributed by atoms with Gasteiger partial charge in [0.05, 0.1) is 10.9 Å². The number of Topliss-reactive ketones (excluding diaryl/α,β-unsaturated/α-hetero) is 1. The zero-order chi connectivity index (χ0) is 12.5. The number of carbonyl (C=O) groups excluding carboxylic acids is 1. The van der Waals surface area contributed by atoms with E-state index in [1.807, 2.05) is 0 Å². The molecule has 88 valence electrons. The molecule has 0 amide bonds. The lowest BCUT2D eigenvalue weighted by Crippen LogP contribution is -2.16. The van der Waals surface area contributed by atoms with E-state index in [9.17, 15) is 18.0 Å². The van der Waals surface area contributed by atoms with Gasteiger partial charge in [-0.15, -0.1) is 0 Å². The monoisotopic (exact) mass is 470 g/mol. The first-order valence-corrected chi connectivity index (χ1v) is 6.92. The number of halogens is 6. The van der Waals surface area contributed by atoms with Gasteiger partial charge in [-0.2, -0.15) is 13.2 Å². The van der Waals surface area contributed by atoms with Crippen LogP contribution < -0.4 is 0 Å². The number of benzene rings is 1. The van der Waals surface area contributed by atoms with E-state index in [2.05, 4.69) is 31.9 Å². The molecule has 0 radical (unpaired) electrons. The second-order valence-electron chi connectivity index (χ2n) is 2.84. The van der Waals surface area contributed by atoms with Crippen LogP contribution in [0.4, 0.5) is 13.2 Å². The summed E-state index contributed by atoms with van der Waals surface area (Å²) in [6.45, 7) is 0. The lowest BCUT2D eigenvalue weighted by Gasteiger charge is -2.14. The lowest BCUT2D eigenvalue weighted by molar-refractivity contribution is -0.138. The van der Waals surface area contributed by atoms with Crippen molar-refractivity contribution in [3.8, 4) is 0 Å². The summed E-state index contributed by atoms with van der Waals surface area (Å²) >= 11 is 7.45. The van der Waals surface area contributed by atoms with Gasteiger partial charge in [0.2, 0.25) is 0 Å². The number of carbonyl (C=O) groups is 1. The summed E-state index contributed by atoms with van der Waals surface area (Å²) in [5.74, 6) is -0.585. The molecule has 0 atom stereocenters. The Kier molecular flexibility index (Phi) is 4.82. The van der Waals surface area contributed by atoms with E-state index in [-0.39, 0.29) is 14.5 Å². The Labute approximate surface area is 120 Å². The average molecular weight is 472 g/mol. The Bertz CT molecular complexity index is 431. The Balaban J connectivity index is 3.52. The molecule has 0 N–H and O–H groups in total. The van der Waals surface area contributed by atoms with Crippen LogP contribution in [0.3, 0.4) is 0 Å². The first-order chi connectivity index (χ1) is 7.29. The molecule has 1 aromatic rings. The van der Waals surface area contributed by atoms with Crippen LogP contribution in [0.1, 0.15) is 15.9 Å². The largest absolute Gasteiger partial charge is 0.418 e. The third kappa shape index (κ3) is 2.98. The van der Waals surface area contributed by atoms with Gasteiger partial charge in [0.1, 0.15) is 0 Å². The molecule has 0 aliphatic heterocycles. The highest BCUT2D eigenvalue weighted by Gasteiger charge is 2.37. The maximum absolute atomic E-state index is 12.8. The fourth-order valence-electron chi connectivity index (χ4n) is 1.13. The van der Waals surface area contributed by atoms with Gasteiger partial charge in [0.25, 0.3) is 0 Å². The van der Waals surface area contributed by atoms with Crippen LogP contribution in [-0.4, -0.2) is 11.1 Å². The number of hydrogen-bond donors (Lipinski definition) is 0. The summed E-state index contributed by atoms with van der Waals surface area (Å²) in [5.41, 5.74) is -1.19. The van der Waals surface area contributed by atoms with Crippen LogP contribution in [0, 0.1) is 3.57 Å². The zero-order valence-electron chi connectivity index (χ0n) is 7.54. The molecule has 1 aromatic carbocycles. The summed E-state index contributed by atoms with van der Waals surface area (Å²) < 4.78 is 38.7. The van der Waals surface area contributed by atoms with Gasteiger partial charge in [-0.05, 0) is 50.7 Å². The highest BCUT2D eigenvalue weighted by Crippen LogP contribution is 2.38. The smallest absolute Gasteiger partial charge is 0.293 e. The standard InChI is InChI=1S/C9H4Br2F3IO/c10-3-6(16)4-1-2-5(11)8(15)7(4)9(12,13)14/h1-2H,3H2. The maximum atomic E-state index is 12.8. The first-order valence-electron chi connectivity index (χ1n) is 3.93. The van der Waals surface area contributed by atoms with Crippen molar-refractivity contribution in [2.75, 3.05) is 5.33 Å². The molecular formula is C9H4Br2F3IO. The molecule has 16 heavy (non-hydrogen) atoms. The van der Waals surface area contributed by atoms with Gasteiger partial charge in [0, 0.05) is 13.6 Å². The van der Waals surface area contributed by atoms with E-state index in [0.29, 0.717) is 4.47 Å². The quantitative estimate of drug-likeness (QED) is 0.349. The van der Waals surface area contributed by atoms with Crippen molar-refractivity contribution in [2.45, 2.75) is 6.18 Å². The second kappa shape index (κ2) is 5.34. The molecule has 1 rings (SSSR count). The SMILES string of the molecule is O=C(CBr)c1ccc(Br)c(I)c1C(F)(F)F. The summed E-state index contributed by atoms with van der Waals surface area (Å²) in [5, 5.41) is -0.131. The molecule has 1 nitrogen and oxygen atoms in total. The van der Waals surface area contributed by atoms with Crippen LogP contribution in [0.2, 0.25) is 0 Å². The van der Waals surface area contributed by atoms with Crippen LogP contribution in [0.5, 0.6) is 0 Å². The minimum Gasteiger partial charge on any atom is -0.293 e. The van der Waals surface area contributed by atoms with E-state index in [0.717, 1.165) is 0 Å². The molecule has 7 heteroatoms. The van der Waals surface area contributed by atoms with Crippen molar-refractivity contribution < 1.29 is 18.0 Å². The van der Waals surface area contributed by atoms with Crippen LogP contribution in [0.25, 0.3) is 0 Å². The molecule has 0 aromatic heterocycles. The van der Waals surface area contributed by atoms with Crippen LogP contribution in [-0.2, 0) is 6.18 Å². The third-order valence-electron chi connectivity index (χ3n) is 1.80. The second-order valence-corrected chi connectivity index (χ2v) is 5.33. The molecule has 0 aliphatic rings. The summed E-state index contributed by atoms with van der Waals surface area (Å²) in [6, 6.07) is 2.62. The molecular weight excluding hydrogens is 468 g/mol. The van der Waals surface area contributed by atoms with Crippen molar-refractivity contribution in [3.63, 3.8) is 0 Å². The number of ketones is 1. The predicted molar refractivity (Wildman–Crippen MR) is 70.0 cm³/mol. The van der Waals surface area contributed by atoms with E-state index in [1.165, 1.54) is 12.1 Å². The fourth-order valence-corrected chi connectivity index (χ4v) is 2.54. The van der Waals surface area contributed by atoms with Crippen molar-refractivity contribution in [1.82, 2.24) is 0 Å². The molecule has 0 bridgehead atoms. The van der Waals surface area contributed by atoms with E-state index >= 15 is 0 Å². The molecule has 0 fully saturated rings. The van der Waals surface area contributed by atoms with E-state index in [4.69, 9.17) is 0 Å². The van der Waals surface area contributed by atoms with Crippen molar-refractivity contribution >= 4 is 60.2 Å². The minimum atomic E-state index is -4.53. The van der Waals surface area contributed by atoms with Crippen molar-refractivity contribution in [1.29, 1.82) is 0 Å². The lowest BCUT2D eigenvalue weighted by atomic mass is 10.0. The van der Waals surface area contributed by atoms with Gasteiger partial charge >= 0.3 is 6.18 Å². The number of alkyl halides is 4. The van der Waals surface area contributed by atoms with Gasteiger partial charge in [-0.3, -0.25) is 4.79 Å². The fraction of sp³-hybridized carbons (Fsp3) is 0.222.